The van der Waals surface area contributed by atoms with E-state index in [0.717, 1.165) is 0 Å². The Morgan fingerprint density at radius 3 is 2.24 bits per heavy atom. The van der Waals surface area contributed by atoms with E-state index in [9.17, 15) is 39.6 Å². The van der Waals surface area contributed by atoms with Gasteiger partial charge in [-0.15, -0.1) is 0 Å². The molecule has 4 unspecified atom stereocenters. The lowest BCUT2D eigenvalue weighted by atomic mass is 9.57. The molecule has 12 heteroatoms. The number of carbonyl (C=O) groups excluding carboxylic acids is 4. The largest absolute Gasteiger partial charge is 0.508 e. The first kappa shape index (κ1) is 30.2. The fourth-order valence-corrected chi connectivity index (χ4v) is 6.64. The molecule has 1 fully saturated rings. The summed E-state index contributed by atoms with van der Waals surface area (Å²) >= 11 is 0. The minimum atomic E-state index is -2.69. The fraction of sp³-hybridized carbons (Fsp3) is 0.517. The topological polar surface area (TPSA) is 185 Å². The van der Waals surface area contributed by atoms with Gasteiger partial charge in [0, 0.05) is 37.7 Å². The molecule has 0 aliphatic heterocycles. The number of aliphatic hydroxyl groups is 3. The molecule has 12 nitrogen and oxygen atoms in total. The highest BCUT2D eigenvalue weighted by Crippen LogP contribution is 2.54. The van der Waals surface area contributed by atoms with E-state index in [1.54, 1.807) is 53.3 Å². The van der Waals surface area contributed by atoms with Gasteiger partial charge in [-0.1, -0.05) is 0 Å². The molecule has 1 aromatic carbocycles. The highest BCUT2D eigenvalue weighted by Gasteiger charge is 2.64. The molecule has 222 valence electrons. The first-order valence-corrected chi connectivity index (χ1v) is 13.4. The zero-order valence-electron chi connectivity index (χ0n) is 24.2. The van der Waals surface area contributed by atoms with E-state index in [2.05, 4.69) is 0 Å². The number of aryl methyl sites for hydroxylation is 1. The summed E-state index contributed by atoms with van der Waals surface area (Å²) in [6, 6.07) is 0.618. The maximum atomic E-state index is 14.0. The summed E-state index contributed by atoms with van der Waals surface area (Å²) in [4.78, 5) is 56.8. The number of nitrogens with two attached hydrogens (primary N) is 1. The van der Waals surface area contributed by atoms with Gasteiger partial charge in [0.2, 0.25) is 5.78 Å². The summed E-state index contributed by atoms with van der Waals surface area (Å²) in [6.45, 7) is 0.234. The molecule has 0 radical (unpaired) electrons. The van der Waals surface area contributed by atoms with Crippen LogP contribution in [0.4, 0.5) is 5.69 Å². The molecule has 6 N–H and O–H groups in total. The number of anilines is 1. The van der Waals surface area contributed by atoms with Gasteiger partial charge in [0.25, 0.3) is 5.91 Å². The summed E-state index contributed by atoms with van der Waals surface area (Å²) in [6.07, 6.45) is 0.540. The van der Waals surface area contributed by atoms with Gasteiger partial charge < -0.3 is 36.0 Å². The molecular weight excluding hydrogens is 532 g/mol. The van der Waals surface area contributed by atoms with Gasteiger partial charge in [0.05, 0.1) is 18.2 Å². The number of carbonyl (C=O) groups is 4. The van der Waals surface area contributed by atoms with Gasteiger partial charge in [-0.05, 0) is 70.6 Å². The zero-order chi connectivity index (χ0) is 30.7. The summed E-state index contributed by atoms with van der Waals surface area (Å²) < 4.78 is 0. The number of nitrogens with zero attached hydrogens (tertiary/aromatic N) is 3. The number of ketones is 3. The molecule has 41 heavy (non-hydrogen) atoms. The van der Waals surface area contributed by atoms with Crippen LogP contribution in [0.25, 0.3) is 5.76 Å². The van der Waals surface area contributed by atoms with Crippen molar-refractivity contribution in [3.63, 3.8) is 0 Å². The van der Waals surface area contributed by atoms with Gasteiger partial charge in [0.1, 0.15) is 28.6 Å². The van der Waals surface area contributed by atoms with Gasteiger partial charge in [-0.3, -0.25) is 24.1 Å². The van der Waals surface area contributed by atoms with Crippen molar-refractivity contribution in [3.8, 4) is 5.75 Å². The van der Waals surface area contributed by atoms with Crippen molar-refractivity contribution in [1.29, 1.82) is 0 Å². The summed E-state index contributed by atoms with van der Waals surface area (Å²) in [5.41, 5.74) is 3.28. The Kier molecular flexibility index (Phi) is 7.80. The Bertz CT molecular complexity index is 1410. The van der Waals surface area contributed by atoms with E-state index in [1.165, 1.54) is 4.90 Å². The standard InChI is InChI=1S/C29H38N4O8/c1-31(2)12-15(34)8-7-13-11-18(32(3)4)16-9-14-10-17-22(33(5)6)25(37)21(28(30)40)27(39)29(17,41)26(38)19(14)24(36)20(16)23(13)35/h11,14,17,22,35-36,39,41H,7-10,12H2,1-6H3,(H2,30,40). The van der Waals surface area contributed by atoms with Crippen LogP contribution >= 0.6 is 0 Å². The van der Waals surface area contributed by atoms with Crippen molar-refractivity contribution < 1.29 is 39.6 Å². The molecule has 4 rings (SSSR count). The van der Waals surface area contributed by atoms with Crippen LogP contribution in [0.3, 0.4) is 0 Å². The number of hydrogen-bond acceptors (Lipinski definition) is 11. The third-order valence-corrected chi connectivity index (χ3v) is 8.42. The highest BCUT2D eigenvalue weighted by atomic mass is 16.3. The van der Waals surface area contributed by atoms with Crippen molar-refractivity contribution in [3.05, 3.63) is 39.7 Å². The normalized spacial score (nSPS) is 25.8. The zero-order valence-corrected chi connectivity index (χ0v) is 24.2. The number of primary amides is 1. The number of aromatic hydroxyl groups is 1. The SMILES string of the molecule is CN(C)CC(=O)CCc1cc(N(C)C)c2c(c1O)C(O)=C1C(=O)C3(O)C(O)=C(C(N)=O)C(=O)C(N(C)C)C3CC1C2. The molecule has 1 amide bonds. The quantitative estimate of drug-likeness (QED) is 0.267. The molecule has 1 aromatic rings. The first-order valence-electron chi connectivity index (χ1n) is 13.4. The summed E-state index contributed by atoms with van der Waals surface area (Å²) in [5.74, 6) is -6.93. The first-order chi connectivity index (χ1) is 19.0. The predicted octanol–water partition coefficient (Wildman–Crippen LogP) is 0.0933. The second kappa shape index (κ2) is 10.6. The smallest absolute Gasteiger partial charge is 0.255 e. The van der Waals surface area contributed by atoms with Crippen LogP contribution in [-0.4, -0.2) is 114 Å². The minimum Gasteiger partial charge on any atom is -0.508 e. The maximum absolute atomic E-state index is 14.0. The average molecular weight is 571 g/mol. The van der Waals surface area contributed by atoms with Gasteiger partial charge >= 0.3 is 0 Å². The minimum absolute atomic E-state index is 0.0141. The number of aliphatic hydroxyl groups excluding tert-OH is 2. The van der Waals surface area contributed by atoms with Gasteiger partial charge in [0.15, 0.2) is 11.4 Å². The number of fused-ring (bicyclic) bond motifs is 3. The third kappa shape index (κ3) is 4.69. The van der Waals surface area contributed by atoms with Crippen molar-refractivity contribution >= 4 is 34.7 Å². The number of rotatable bonds is 8. The van der Waals surface area contributed by atoms with Crippen LogP contribution in [0, 0.1) is 11.8 Å². The van der Waals surface area contributed by atoms with E-state index in [1.807, 2.05) is 4.90 Å². The average Bonchev–Trinajstić information content (AvgIpc) is 2.84. The summed E-state index contributed by atoms with van der Waals surface area (Å²) in [7, 11) is 10.3. The van der Waals surface area contributed by atoms with Crippen molar-refractivity contribution in [2.75, 3.05) is 53.7 Å². The monoisotopic (exact) mass is 570 g/mol. The lowest BCUT2D eigenvalue weighted by Gasteiger charge is -2.50. The van der Waals surface area contributed by atoms with E-state index in [4.69, 9.17) is 5.73 Å². The van der Waals surface area contributed by atoms with Crippen LogP contribution < -0.4 is 10.6 Å². The number of Topliss-reactive ketones (excluding diaryl/α,β-unsaturated/α-hetero) is 3. The number of phenols is 1. The number of benzene rings is 1. The van der Waals surface area contributed by atoms with Crippen molar-refractivity contribution in [1.82, 2.24) is 9.80 Å². The lowest BCUT2D eigenvalue weighted by Crippen LogP contribution is -2.65. The predicted molar refractivity (Wildman–Crippen MR) is 150 cm³/mol. The van der Waals surface area contributed by atoms with Crippen molar-refractivity contribution in [2.45, 2.75) is 37.3 Å². The molecule has 0 spiro atoms. The second-order valence-electron chi connectivity index (χ2n) is 11.9. The van der Waals surface area contributed by atoms with Crippen LogP contribution in [0.2, 0.25) is 0 Å². The third-order valence-electron chi connectivity index (χ3n) is 8.42. The Labute approximate surface area is 238 Å². The Hall–Kier alpha value is -3.74. The fourth-order valence-electron chi connectivity index (χ4n) is 6.64. The molecule has 3 aliphatic carbocycles. The number of amides is 1. The summed E-state index contributed by atoms with van der Waals surface area (Å²) in [5, 5.41) is 45.6. The van der Waals surface area contributed by atoms with E-state index < -0.39 is 58.0 Å². The van der Waals surface area contributed by atoms with Gasteiger partial charge in [-0.2, -0.15) is 0 Å². The van der Waals surface area contributed by atoms with Crippen LogP contribution in [0.5, 0.6) is 5.75 Å². The van der Waals surface area contributed by atoms with Crippen molar-refractivity contribution in [2.24, 2.45) is 17.6 Å². The second-order valence-corrected chi connectivity index (χ2v) is 11.9. The molecule has 0 aromatic heterocycles. The van der Waals surface area contributed by atoms with Crippen LogP contribution in [0.1, 0.15) is 29.5 Å². The van der Waals surface area contributed by atoms with E-state index >= 15 is 0 Å². The van der Waals surface area contributed by atoms with E-state index in [0.29, 0.717) is 16.8 Å². The highest BCUT2D eigenvalue weighted by molar-refractivity contribution is 6.24. The molecule has 0 heterocycles. The number of phenolic OH excluding ortho intramolecular Hbond substituents is 1. The Morgan fingerprint density at radius 1 is 1.07 bits per heavy atom. The maximum Gasteiger partial charge on any atom is 0.255 e. The molecule has 4 atom stereocenters. The molecule has 0 saturated heterocycles. The van der Waals surface area contributed by atoms with Crippen LogP contribution in [-0.2, 0) is 32.0 Å². The number of likely N-dealkylation sites (N-methyl/N-ethyl adjacent to an activating group) is 2. The lowest BCUT2D eigenvalue weighted by molar-refractivity contribution is -0.153. The van der Waals surface area contributed by atoms with Crippen LogP contribution in [0.15, 0.2) is 23.0 Å². The van der Waals surface area contributed by atoms with E-state index in [-0.39, 0.29) is 54.9 Å². The van der Waals surface area contributed by atoms with Gasteiger partial charge in [-0.25, -0.2) is 0 Å². The Morgan fingerprint density at radius 2 is 1.71 bits per heavy atom. The Balaban J connectivity index is 1.90. The molecule has 3 aliphatic rings. The molecule has 1 saturated carbocycles. The number of hydrogen-bond donors (Lipinski definition) is 5. The molecular formula is C29H38N4O8. The molecule has 0 bridgehead atoms.